The molecule has 0 fully saturated rings. The van der Waals surface area contributed by atoms with E-state index in [2.05, 4.69) is 12.2 Å². The van der Waals surface area contributed by atoms with E-state index in [9.17, 15) is 9.90 Å². The van der Waals surface area contributed by atoms with Gasteiger partial charge in [-0.15, -0.1) is 0 Å². The Morgan fingerprint density at radius 3 is 2.50 bits per heavy atom. The molecule has 0 bridgehead atoms. The molecule has 0 saturated carbocycles. The zero-order valence-electron chi connectivity index (χ0n) is 11.3. The van der Waals surface area contributed by atoms with Crippen molar-refractivity contribution in [2.75, 3.05) is 11.9 Å². The zero-order valence-corrected chi connectivity index (χ0v) is 11.3. The van der Waals surface area contributed by atoms with Crippen LogP contribution in [0.4, 0.5) is 5.69 Å². The van der Waals surface area contributed by atoms with Crippen LogP contribution in [0.1, 0.15) is 12.5 Å². The number of carbonyl (C=O) groups excluding carboxylic acids is 1. The summed E-state index contributed by atoms with van der Waals surface area (Å²) in [5.41, 5.74) is 1.95. The monoisotopic (exact) mass is 271 g/mol. The maximum Gasteiger partial charge on any atom is 0.262 e. The van der Waals surface area contributed by atoms with Gasteiger partial charge in [0.05, 0.1) is 0 Å². The minimum absolute atomic E-state index is 0.0209. The van der Waals surface area contributed by atoms with Crippen molar-refractivity contribution >= 4 is 11.6 Å². The van der Waals surface area contributed by atoms with E-state index in [1.165, 1.54) is 11.6 Å². The van der Waals surface area contributed by atoms with Crippen LogP contribution in [-0.4, -0.2) is 17.6 Å². The summed E-state index contributed by atoms with van der Waals surface area (Å²) in [4.78, 5) is 11.7. The number of amides is 1. The highest BCUT2D eigenvalue weighted by atomic mass is 16.5. The molecule has 0 aliphatic rings. The van der Waals surface area contributed by atoms with Gasteiger partial charge in [-0.3, -0.25) is 4.79 Å². The van der Waals surface area contributed by atoms with E-state index in [-0.39, 0.29) is 18.3 Å². The molecule has 1 amide bonds. The minimum Gasteiger partial charge on any atom is -0.504 e. The fraction of sp³-hybridized carbons (Fsp3) is 0.188. The first-order valence-corrected chi connectivity index (χ1v) is 6.48. The summed E-state index contributed by atoms with van der Waals surface area (Å²) in [6, 6.07) is 14.2. The lowest BCUT2D eigenvalue weighted by Gasteiger charge is -2.09. The third-order valence-corrected chi connectivity index (χ3v) is 2.87. The number of anilines is 1. The van der Waals surface area contributed by atoms with Gasteiger partial charge in [0.2, 0.25) is 0 Å². The van der Waals surface area contributed by atoms with Gasteiger partial charge < -0.3 is 15.2 Å². The number of aryl methyl sites for hydroxylation is 1. The second kappa shape index (κ2) is 6.61. The van der Waals surface area contributed by atoms with Gasteiger partial charge in [0.25, 0.3) is 5.91 Å². The first-order chi connectivity index (χ1) is 9.69. The largest absolute Gasteiger partial charge is 0.504 e. The van der Waals surface area contributed by atoms with Gasteiger partial charge in [-0.1, -0.05) is 31.2 Å². The molecule has 104 valence electrons. The quantitative estimate of drug-likeness (QED) is 0.879. The molecule has 0 radical (unpaired) electrons. The van der Waals surface area contributed by atoms with Gasteiger partial charge in [-0.2, -0.15) is 0 Å². The molecule has 0 spiro atoms. The molecule has 4 nitrogen and oxygen atoms in total. The Bertz CT molecular complexity index is 579. The third kappa shape index (κ3) is 3.75. The van der Waals surface area contributed by atoms with Crippen LogP contribution in [-0.2, 0) is 11.2 Å². The molecule has 0 unspecified atom stereocenters. The lowest BCUT2D eigenvalue weighted by molar-refractivity contribution is -0.118. The lowest BCUT2D eigenvalue weighted by Crippen LogP contribution is -2.20. The van der Waals surface area contributed by atoms with E-state index in [1.807, 2.05) is 24.3 Å². The number of para-hydroxylation sites is 2. The molecule has 4 heteroatoms. The van der Waals surface area contributed by atoms with Gasteiger partial charge in [0, 0.05) is 5.69 Å². The molecule has 0 aliphatic heterocycles. The molecule has 20 heavy (non-hydrogen) atoms. The van der Waals surface area contributed by atoms with Crippen LogP contribution in [0.3, 0.4) is 0 Å². The van der Waals surface area contributed by atoms with Gasteiger partial charge in [-0.25, -0.2) is 0 Å². The summed E-state index contributed by atoms with van der Waals surface area (Å²) >= 11 is 0. The smallest absolute Gasteiger partial charge is 0.262 e. The Morgan fingerprint density at radius 2 is 1.85 bits per heavy atom. The highest BCUT2D eigenvalue weighted by Crippen LogP contribution is 2.24. The number of phenolic OH excluding ortho intramolecular Hbond substituents is 1. The summed E-state index contributed by atoms with van der Waals surface area (Å²) in [5.74, 6) is 0.0501. The Hall–Kier alpha value is -2.49. The predicted molar refractivity (Wildman–Crippen MR) is 78.1 cm³/mol. The van der Waals surface area contributed by atoms with Crippen LogP contribution in [0.15, 0.2) is 48.5 Å². The Kier molecular flexibility index (Phi) is 4.60. The molecule has 2 aromatic carbocycles. The summed E-state index contributed by atoms with van der Waals surface area (Å²) in [7, 11) is 0. The summed E-state index contributed by atoms with van der Waals surface area (Å²) in [5, 5.41) is 12.3. The maximum atomic E-state index is 11.7. The fourth-order valence-corrected chi connectivity index (χ4v) is 1.74. The maximum absolute atomic E-state index is 11.7. The molecule has 0 aliphatic carbocycles. The SMILES string of the molecule is CCc1ccc(NC(=O)COc2ccccc2O)cc1. The lowest BCUT2D eigenvalue weighted by atomic mass is 10.1. The number of benzene rings is 2. The number of ether oxygens (including phenoxy) is 1. The van der Waals surface area contributed by atoms with E-state index in [0.29, 0.717) is 5.75 Å². The number of carbonyl (C=O) groups is 1. The summed E-state index contributed by atoms with van der Waals surface area (Å²) in [6.07, 6.45) is 0.963. The van der Waals surface area contributed by atoms with Crippen molar-refractivity contribution in [3.63, 3.8) is 0 Å². The zero-order chi connectivity index (χ0) is 14.4. The molecule has 0 aromatic heterocycles. The van der Waals surface area contributed by atoms with Crippen LogP contribution >= 0.6 is 0 Å². The number of aromatic hydroxyl groups is 1. The van der Waals surface area contributed by atoms with Crippen molar-refractivity contribution in [2.45, 2.75) is 13.3 Å². The highest BCUT2D eigenvalue weighted by Gasteiger charge is 2.06. The van der Waals surface area contributed by atoms with Gasteiger partial charge in [-0.05, 0) is 36.2 Å². The second-order valence-electron chi connectivity index (χ2n) is 4.36. The molecule has 2 rings (SSSR count). The van der Waals surface area contributed by atoms with Gasteiger partial charge in [0.1, 0.15) is 0 Å². The molecule has 2 N–H and O–H groups in total. The summed E-state index contributed by atoms with van der Waals surface area (Å²) in [6.45, 7) is 1.93. The number of nitrogens with one attached hydrogen (secondary N) is 1. The molecular weight excluding hydrogens is 254 g/mol. The predicted octanol–water partition coefficient (Wildman–Crippen LogP) is 2.97. The highest BCUT2D eigenvalue weighted by molar-refractivity contribution is 5.91. The van der Waals surface area contributed by atoms with Gasteiger partial charge >= 0.3 is 0 Å². The molecule has 0 atom stereocenters. The van der Waals surface area contributed by atoms with Crippen molar-refractivity contribution in [3.05, 3.63) is 54.1 Å². The minimum atomic E-state index is -0.266. The molecule has 2 aromatic rings. The van der Waals surface area contributed by atoms with E-state index in [0.717, 1.165) is 12.1 Å². The van der Waals surface area contributed by atoms with E-state index >= 15 is 0 Å². The van der Waals surface area contributed by atoms with E-state index in [4.69, 9.17) is 4.74 Å². The average molecular weight is 271 g/mol. The van der Waals surface area contributed by atoms with Crippen molar-refractivity contribution in [3.8, 4) is 11.5 Å². The van der Waals surface area contributed by atoms with E-state index in [1.54, 1.807) is 18.2 Å². The number of hydrogen-bond donors (Lipinski definition) is 2. The van der Waals surface area contributed by atoms with Crippen molar-refractivity contribution in [1.82, 2.24) is 0 Å². The van der Waals surface area contributed by atoms with E-state index < -0.39 is 0 Å². The molecular formula is C16H17NO3. The third-order valence-electron chi connectivity index (χ3n) is 2.87. The number of hydrogen-bond acceptors (Lipinski definition) is 3. The molecule has 0 saturated heterocycles. The van der Waals surface area contributed by atoms with Crippen LogP contribution in [0.5, 0.6) is 11.5 Å². The van der Waals surface area contributed by atoms with Crippen LogP contribution in [0, 0.1) is 0 Å². The average Bonchev–Trinajstić information content (AvgIpc) is 2.47. The fourth-order valence-electron chi connectivity index (χ4n) is 1.74. The topological polar surface area (TPSA) is 58.6 Å². The Morgan fingerprint density at radius 1 is 1.15 bits per heavy atom. The number of rotatable bonds is 5. The standard InChI is InChI=1S/C16H17NO3/c1-2-12-7-9-13(10-8-12)17-16(19)11-20-15-6-4-3-5-14(15)18/h3-10,18H,2,11H2,1H3,(H,17,19). The number of phenols is 1. The van der Waals surface area contributed by atoms with Gasteiger partial charge in [0.15, 0.2) is 18.1 Å². The van der Waals surface area contributed by atoms with Crippen LogP contribution in [0.25, 0.3) is 0 Å². The van der Waals surface area contributed by atoms with Crippen molar-refractivity contribution in [2.24, 2.45) is 0 Å². The van der Waals surface area contributed by atoms with Crippen molar-refractivity contribution in [1.29, 1.82) is 0 Å². The molecule has 0 heterocycles. The first-order valence-electron chi connectivity index (χ1n) is 6.48. The van der Waals surface area contributed by atoms with Crippen LogP contribution < -0.4 is 10.1 Å². The normalized spacial score (nSPS) is 10.1. The summed E-state index contributed by atoms with van der Waals surface area (Å²) < 4.78 is 5.25. The van der Waals surface area contributed by atoms with Crippen molar-refractivity contribution < 1.29 is 14.6 Å². The first kappa shape index (κ1) is 13.9. The second-order valence-corrected chi connectivity index (χ2v) is 4.36. The Balaban J connectivity index is 1.87. The Labute approximate surface area is 118 Å². The van der Waals surface area contributed by atoms with Crippen LogP contribution in [0.2, 0.25) is 0 Å².